The Hall–Kier alpha value is -2.92. The van der Waals surface area contributed by atoms with Gasteiger partial charge in [-0.15, -0.1) is 0 Å². The molecule has 0 aliphatic carbocycles. The maximum Gasteiger partial charge on any atom is 0.251 e. The highest BCUT2D eigenvalue weighted by molar-refractivity contribution is 9.10. The molecule has 164 valence electrons. The molecular weight excluding hydrogens is 462 g/mol. The van der Waals surface area contributed by atoms with E-state index in [0.29, 0.717) is 18.0 Å². The van der Waals surface area contributed by atoms with Crippen molar-refractivity contribution in [3.8, 4) is 0 Å². The van der Waals surface area contributed by atoms with Crippen LogP contribution in [0.3, 0.4) is 0 Å². The lowest BCUT2D eigenvalue weighted by molar-refractivity contribution is 0.0953. The molecule has 0 atom stereocenters. The van der Waals surface area contributed by atoms with E-state index in [2.05, 4.69) is 82.1 Å². The molecule has 4 nitrogen and oxygen atoms in total. The van der Waals surface area contributed by atoms with Gasteiger partial charge in [-0.05, 0) is 53.8 Å². The molecule has 0 saturated carbocycles. The van der Waals surface area contributed by atoms with Gasteiger partial charge >= 0.3 is 0 Å². The minimum atomic E-state index is -0.0509. The van der Waals surface area contributed by atoms with E-state index in [4.69, 9.17) is 4.98 Å². The van der Waals surface area contributed by atoms with Gasteiger partial charge in [0.25, 0.3) is 5.91 Å². The topological polar surface area (TPSA) is 46.9 Å². The van der Waals surface area contributed by atoms with Crippen molar-refractivity contribution in [2.45, 2.75) is 39.2 Å². The summed E-state index contributed by atoms with van der Waals surface area (Å²) in [6, 6.07) is 24.6. The van der Waals surface area contributed by atoms with Crippen LogP contribution in [0.25, 0.3) is 11.0 Å². The zero-order valence-electron chi connectivity index (χ0n) is 18.5. The summed E-state index contributed by atoms with van der Waals surface area (Å²) in [6.07, 6.45) is 1.63. The number of rotatable bonds is 8. The Labute approximate surface area is 197 Å². The number of imidazole rings is 1. The molecule has 0 saturated heterocycles. The smallest absolute Gasteiger partial charge is 0.251 e. The van der Waals surface area contributed by atoms with Crippen LogP contribution in [-0.4, -0.2) is 22.0 Å². The molecule has 4 rings (SSSR count). The fourth-order valence-electron chi connectivity index (χ4n) is 3.86. The van der Waals surface area contributed by atoms with Gasteiger partial charge in [0.2, 0.25) is 0 Å². The number of halogens is 1. The Morgan fingerprint density at radius 3 is 2.56 bits per heavy atom. The Balaban J connectivity index is 1.44. The molecule has 1 heterocycles. The van der Waals surface area contributed by atoms with Crippen molar-refractivity contribution in [3.05, 3.63) is 99.8 Å². The summed E-state index contributed by atoms with van der Waals surface area (Å²) >= 11 is 3.41. The second-order valence-electron chi connectivity index (χ2n) is 8.37. The molecule has 5 heteroatoms. The Kier molecular flexibility index (Phi) is 7.05. The lowest BCUT2D eigenvalue weighted by Gasteiger charge is -2.12. The molecule has 0 aliphatic rings. The predicted octanol–water partition coefficient (Wildman–Crippen LogP) is 6.33. The molecule has 0 radical (unpaired) electrons. The van der Waals surface area contributed by atoms with Crippen LogP contribution in [-0.2, 0) is 13.0 Å². The third kappa shape index (κ3) is 5.28. The molecule has 1 amide bonds. The zero-order chi connectivity index (χ0) is 22.5. The fourth-order valence-corrected chi connectivity index (χ4v) is 4.26. The minimum Gasteiger partial charge on any atom is -0.352 e. The number of fused-ring (bicyclic) bond motifs is 1. The van der Waals surface area contributed by atoms with Gasteiger partial charge in [0.1, 0.15) is 5.82 Å². The van der Waals surface area contributed by atoms with Gasteiger partial charge in [-0.25, -0.2) is 4.98 Å². The van der Waals surface area contributed by atoms with Gasteiger partial charge in [0.05, 0.1) is 11.0 Å². The number of nitrogens with one attached hydrogen (secondary N) is 1. The van der Waals surface area contributed by atoms with E-state index in [0.717, 1.165) is 40.7 Å². The molecule has 0 spiro atoms. The number of nitrogens with zero attached hydrogens (tertiary/aromatic N) is 2. The number of hydrogen-bond donors (Lipinski definition) is 1. The summed E-state index contributed by atoms with van der Waals surface area (Å²) in [7, 11) is 0. The van der Waals surface area contributed by atoms with Gasteiger partial charge in [0.15, 0.2) is 0 Å². The van der Waals surface area contributed by atoms with E-state index in [9.17, 15) is 4.79 Å². The second-order valence-corrected chi connectivity index (χ2v) is 9.28. The van der Waals surface area contributed by atoms with Crippen LogP contribution in [0.5, 0.6) is 0 Å². The zero-order valence-corrected chi connectivity index (χ0v) is 20.1. The Morgan fingerprint density at radius 2 is 1.81 bits per heavy atom. The van der Waals surface area contributed by atoms with Crippen molar-refractivity contribution in [1.82, 2.24) is 14.9 Å². The van der Waals surface area contributed by atoms with Gasteiger partial charge in [-0.3, -0.25) is 4.79 Å². The monoisotopic (exact) mass is 489 g/mol. The first-order chi connectivity index (χ1) is 15.5. The summed E-state index contributed by atoms with van der Waals surface area (Å²) in [5, 5.41) is 3.02. The number of para-hydroxylation sites is 2. The van der Waals surface area contributed by atoms with Crippen molar-refractivity contribution in [1.29, 1.82) is 0 Å². The van der Waals surface area contributed by atoms with Crippen LogP contribution in [0.2, 0.25) is 0 Å². The standard InChI is InChI=1S/C27H28BrN3O/c1-19(2)21-14-12-20(13-15-21)18-31-25-10-4-3-9-24(25)30-26(31)11-6-16-29-27(32)22-7-5-8-23(28)17-22/h3-5,7-10,12-15,17,19H,6,11,16,18H2,1-2H3,(H,29,32). The Bertz CT molecular complexity index is 1210. The number of aromatic nitrogens is 2. The quantitative estimate of drug-likeness (QED) is 0.293. The molecule has 1 N–H and O–H groups in total. The first-order valence-corrected chi connectivity index (χ1v) is 11.9. The van der Waals surface area contributed by atoms with Crippen molar-refractivity contribution in [2.24, 2.45) is 0 Å². The highest BCUT2D eigenvalue weighted by Gasteiger charge is 2.12. The maximum absolute atomic E-state index is 12.4. The van der Waals surface area contributed by atoms with Crippen molar-refractivity contribution >= 4 is 32.9 Å². The molecule has 3 aromatic carbocycles. The summed E-state index contributed by atoms with van der Waals surface area (Å²) in [6.45, 7) is 5.83. The summed E-state index contributed by atoms with van der Waals surface area (Å²) in [5.41, 5.74) is 5.44. The van der Waals surface area contributed by atoms with E-state index in [1.807, 2.05) is 30.3 Å². The summed E-state index contributed by atoms with van der Waals surface area (Å²) in [5.74, 6) is 1.53. The average Bonchev–Trinajstić information content (AvgIpc) is 3.14. The van der Waals surface area contributed by atoms with Gasteiger partial charge in [0, 0.05) is 29.5 Å². The van der Waals surface area contributed by atoms with Gasteiger partial charge in [-0.1, -0.05) is 72.2 Å². The fraction of sp³-hybridized carbons (Fsp3) is 0.259. The van der Waals surface area contributed by atoms with E-state index < -0.39 is 0 Å². The SMILES string of the molecule is CC(C)c1ccc(Cn2c(CCCNC(=O)c3cccc(Br)c3)nc3ccccc32)cc1. The third-order valence-electron chi connectivity index (χ3n) is 5.67. The third-order valence-corrected chi connectivity index (χ3v) is 6.16. The van der Waals surface area contributed by atoms with Gasteiger partial charge in [-0.2, -0.15) is 0 Å². The highest BCUT2D eigenvalue weighted by Crippen LogP contribution is 2.21. The van der Waals surface area contributed by atoms with Crippen LogP contribution in [0.4, 0.5) is 0 Å². The molecule has 32 heavy (non-hydrogen) atoms. The van der Waals surface area contributed by atoms with Gasteiger partial charge < -0.3 is 9.88 Å². The molecule has 4 aromatic rings. The lowest BCUT2D eigenvalue weighted by Crippen LogP contribution is -2.25. The Morgan fingerprint density at radius 1 is 1.03 bits per heavy atom. The first kappa shape index (κ1) is 22.3. The second kappa shape index (κ2) is 10.1. The number of carbonyl (C=O) groups excluding carboxylic acids is 1. The number of amides is 1. The van der Waals surface area contributed by atoms with Crippen LogP contribution in [0.15, 0.2) is 77.3 Å². The molecule has 0 bridgehead atoms. The van der Waals surface area contributed by atoms with E-state index in [1.54, 1.807) is 0 Å². The number of hydrogen-bond acceptors (Lipinski definition) is 2. The van der Waals surface area contributed by atoms with Crippen molar-refractivity contribution < 1.29 is 4.79 Å². The van der Waals surface area contributed by atoms with Crippen molar-refractivity contribution in [2.75, 3.05) is 6.54 Å². The molecule has 0 unspecified atom stereocenters. The lowest BCUT2D eigenvalue weighted by atomic mass is 10.0. The number of aryl methyl sites for hydroxylation is 1. The van der Waals surface area contributed by atoms with Crippen LogP contribution >= 0.6 is 15.9 Å². The molecule has 0 aliphatic heterocycles. The molecular formula is C27H28BrN3O. The number of carbonyl (C=O) groups is 1. The summed E-state index contributed by atoms with van der Waals surface area (Å²) < 4.78 is 3.20. The normalized spacial score (nSPS) is 11.2. The average molecular weight is 490 g/mol. The summed E-state index contributed by atoms with van der Waals surface area (Å²) in [4.78, 5) is 17.3. The number of benzene rings is 3. The van der Waals surface area contributed by atoms with E-state index in [1.165, 1.54) is 11.1 Å². The van der Waals surface area contributed by atoms with Crippen molar-refractivity contribution in [3.63, 3.8) is 0 Å². The molecule has 0 fully saturated rings. The van der Waals surface area contributed by atoms with E-state index in [-0.39, 0.29) is 5.91 Å². The molecule has 1 aromatic heterocycles. The van der Waals surface area contributed by atoms with Crippen LogP contribution < -0.4 is 5.32 Å². The highest BCUT2D eigenvalue weighted by atomic mass is 79.9. The largest absolute Gasteiger partial charge is 0.352 e. The predicted molar refractivity (Wildman–Crippen MR) is 134 cm³/mol. The van der Waals surface area contributed by atoms with Crippen LogP contribution in [0, 0.1) is 0 Å². The van der Waals surface area contributed by atoms with E-state index >= 15 is 0 Å². The first-order valence-electron chi connectivity index (χ1n) is 11.1. The minimum absolute atomic E-state index is 0.0509. The maximum atomic E-state index is 12.4. The van der Waals surface area contributed by atoms with Crippen LogP contribution in [0.1, 0.15) is 53.5 Å².